The smallest absolute Gasteiger partial charge is 0.231 e. The van der Waals surface area contributed by atoms with E-state index in [1.165, 1.54) is 0 Å². The van der Waals surface area contributed by atoms with Crippen molar-refractivity contribution in [3.05, 3.63) is 22.2 Å². The third-order valence-electron chi connectivity index (χ3n) is 2.11. The van der Waals surface area contributed by atoms with Gasteiger partial charge in [0.1, 0.15) is 0 Å². The Morgan fingerprint density at radius 1 is 1.47 bits per heavy atom. The van der Waals surface area contributed by atoms with E-state index < -0.39 is 0 Å². The van der Waals surface area contributed by atoms with E-state index >= 15 is 0 Å². The third-order valence-corrected chi connectivity index (χ3v) is 2.57. The molecular formula is C10H10BrNO3. The molecule has 80 valence electrons. The molecule has 1 aromatic carbocycles. The predicted molar refractivity (Wildman–Crippen MR) is 58.3 cm³/mol. The van der Waals surface area contributed by atoms with Crippen LogP contribution in [0, 0.1) is 0 Å². The summed E-state index contributed by atoms with van der Waals surface area (Å²) in [5.41, 5.74) is 5.88. The first-order valence-electron chi connectivity index (χ1n) is 4.55. The molecule has 0 radical (unpaired) electrons. The number of Topliss-reactive ketones (excluding diaryl/α,β-unsaturated/α-hetero) is 1. The molecular weight excluding hydrogens is 262 g/mol. The van der Waals surface area contributed by atoms with Gasteiger partial charge in [-0.15, -0.1) is 0 Å². The number of hydrogen-bond acceptors (Lipinski definition) is 4. The van der Waals surface area contributed by atoms with E-state index in [1.54, 1.807) is 12.1 Å². The Morgan fingerprint density at radius 3 is 3.00 bits per heavy atom. The Morgan fingerprint density at radius 2 is 2.27 bits per heavy atom. The summed E-state index contributed by atoms with van der Waals surface area (Å²) >= 11 is 3.32. The fraction of sp³-hybridized carbons (Fsp3) is 0.300. The summed E-state index contributed by atoms with van der Waals surface area (Å²) in [6.07, 6.45) is 0.312. The quantitative estimate of drug-likeness (QED) is 0.851. The number of carbonyl (C=O) groups excluding carboxylic acids is 1. The van der Waals surface area contributed by atoms with Crippen LogP contribution in [0.5, 0.6) is 11.5 Å². The van der Waals surface area contributed by atoms with Crippen LogP contribution in [0.2, 0.25) is 0 Å². The minimum absolute atomic E-state index is 0.0273. The van der Waals surface area contributed by atoms with Crippen molar-refractivity contribution in [3.8, 4) is 11.5 Å². The molecule has 0 amide bonds. The zero-order valence-electron chi connectivity index (χ0n) is 7.96. The van der Waals surface area contributed by atoms with E-state index in [0.29, 0.717) is 30.0 Å². The van der Waals surface area contributed by atoms with E-state index in [-0.39, 0.29) is 12.6 Å². The Hall–Kier alpha value is -1.07. The number of nitrogens with two attached hydrogens (primary N) is 1. The molecule has 1 aromatic rings. The first-order valence-corrected chi connectivity index (χ1v) is 5.34. The van der Waals surface area contributed by atoms with Gasteiger partial charge in [0.2, 0.25) is 6.79 Å². The van der Waals surface area contributed by atoms with Gasteiger partial charge in [-0.25, -0.2) is 0 Å². The number of benzene rings is 1. The van der Waals surface area contributed by atoms with Crippen LogP contribution in [0.15, 0.2) is 16.6 Å². The number of hydrogen-bond donors (Lipinski definition) is 1. The van der Waals surface area contributed by atoms with E-state index in [9.17, 15) is 4.79 Å². The second-order valence-corrected chi connectivity index (χ2v) is 4.06. The van der Waals surface area contributed by atoms with Crippen molar-refractivity contribution < 1.29 is 14.3 Å². The topological polar surface area (TPSA) is 61.6 Å². The molecule has 0 aliphatic carbocycles. The third kappa shape index (κ3) is 1.98. The number of carbonyl (C=O) groups is 1. The van der Waals surface area contributed by atoms with Gasteiger partial charge in [-0.1, -0.05) is 15.9 Å². The van der Waals surface area contributed by atoms with Crippen LogP contribution in [-0.2, 0) is 0 Å². The normalized spacial score (nSPS) is 12.9. The highest BCUT2D eigenvalue weighted by Gasteiger charge is 2.22. The fourth-order valence-electron chi connectivity index (χ4n) is 1.45. The Bertz CT molecular complexity index is 406. The van der Waals surface area contributed by atoms with Gasteiger partial charge in [-0.3, -0.25) is 4.79 Å². The van der Waals surface area contributed by atoms with Crippen LogP contribution in [0.4, 0.5) is 0 Å². The SMILES string of the molecule is NCCC(=O)c1cc(Br)cc2c1OCO2. The number of ether oxygens (including phenoxy) is 2. The molecule has 0 saturated carbocycles. The molecule has 0 spiro atoms. The van der Waals surface area contributed by atoms with E-state index in [4.69, 9.17) is 15.2 Å². The molecule has 4 nitrogen and oxygen atoms in total. The molecule has 1 aliphatic rings. The summed E-state index contributed by atoms with van der Waals surface area (Å²) in [6.45, 7) is 0.496. The average Bonchev–Trinajstić information content (AvgIpc) is 2.64. The number of fused-ring (bicyclic) bond motifs is 1. The molecule has 0 bridgehead atoms. The number of rotatable bonds is 3. The van der Waals surface area contributed by atoms with E-state index in [1.807, 2.05) is 0 Å². The molecule has 2 N–H and O–H groups in total. The zero-order valence-corrected chi connectivity index (χ0v) is 9.54. The first kappa shape index (κ1) is 10.4. The van der Waals surface area contributed by atoms with Crippen LogP contribution < -0.4 is 15.2 Å². The summed E-state index contributed by atoms with van der Waals surface area (Å²) < 4.78 is 11.3. The summed E-state index contributed by atoms with van der Waals surface area (Å²) in [7, 11) is 0. The highest BCUT2D eigenvalue weighted by Crippen LogP contribution is 2.38. The zero-order chi connectivity index (χ0) is 10.8. The molecule has 15 heavy (non-hydrogen) atoms. The standard InChI is InChI=1S/C10H10BrNO3/c11-6-3-7(8(13)1-2-12)10-9(4-6)14-5-15-10/h3-4H,1-2,5,12H2. The van der Waals surface area contributed by atoms with Crippen molar-refractivity contribution in [1.29, 1.82) is 0 Å². The van der Waals surface area contributed by atoms with Gasteiger partial charge in [-0.05, 0) is 18.7 Å². The van der Waals surface area contributed by atoms with Crippen molar-refractivity contribution in [1.82, 2.24) is 0 Å². The maximum atomic E-state index is 11.7. The first-order chi connectivity index (χ1) is 7.22. The fourth-order valence-corrected chi connectivity index (χ4v) is 1.89. The lowest BCUT2D eigenvalue weighted by Crippen LogP contribution is -2.09. The maximum absolute atomic E-state index is 11.7. The highest BCUT2D eigenvalue weighted by atomic mass is 79.9. The van der Waals surface area contributed by atoms with Crippen molar-refractivity contribution in [2.45, 2.75) is 6.42 Å². The molecule has 1 heterocycles. The van der Waals surface area contributed by atoms with Gasteiger partial charge < -0.3 is 15.2 Å². The molecule has 5 heteroatoms. The van der Waals surface area contributed by atoms with Crippen LogP contribution in [0.25, 0.3) is 0 Å². The average molecular weight is 272 g/mol. The maximum Gasteiger partial charge on any atom is 0.231 e. The molecule has 0 fully saturated rings. The van der Waals surface area contributed by atoms with Gasteiger partial charge in [0, 0.05) is 10.9 Å². The lowest BCUT2D eigenvalue weighted by Gasteiger charge is -2.04. The molecule has 0 aromatic heterocycles. The Labute approximate surface area is 95.5 Å². The Kier molecular flexibility index (Phi) is 2.93. The lowest BCUT2D eigenvalue weighted by molar-refractivity contribution is 0.0980. The van der Waals surface area contributed by atoms with Crippen molar-refractivity contribution in [2.75, 3.05) is 13.3 Å². The van der Waals surface area contributed by atoms with Crippen LogP contribution in [0.3, 0.4) is 0 Å². The van der Waals surface area contributed by atoms with Crippen molar-refractivity contribution in [3.63, 3.8) is 0 Å². The Balaban J connectivity index is 2.42. The van der Waals surface area contributed by atoms with Crippen LogP contribution >= 0.6 is 15.9 Å². The van der Waals surface area contributed by atoms with Gasteiger partial charge >= 0.3 is 0 Å². The van der Waals surface area contributed by atoms with Gasteiger partial charge in [-0.2, -0.15) is 0 Å². The predicted octanol–water partition coefficient (Wildman–Crippen LogP) is 1.71. The molecule has 0 saturated heterocycles. The van der Waals surface area contributed by atoms with E-state index in [2.05, 4.69) is 15.9 Å². The monoisotopic (exact) mass is 271 g/mol. The van der Waals surface area contributed by atoms with Gasteiger partial charge in [0.15, 0.2) is 17.3 Å². The molecule has 0 unspecified atom stereocenters. The second-order valence-electron chi connectivity index (χ2n) is 3.15. The van der Waals surface area contributed by atoms with Crippen molar-refractivity contribution >= 4 is 21.7 Å². The molecule has 1 aliphatic heterocycles. The minimum Gasteiger partial charge on any atom is -0.454 e. The summed E-state index contributed by atoms with van der Waals surface area (Å²) in [6, 6.07) is 3.51. The largest absolute Gasteiger partial charge is 0.454 e. The summed E-state index contributed by atoms with van der Waals surface area (Å²) in [5, 5.41) is 0. The second kappa shape index (κ2) is 4.20. The van der Waals surface area contributed by atoms with E-state index in [0.717, 1.165) is 4.47 Å². The summed E-state index contributed by atoms with van der Waals surface area (Å²) in [5.74, 6) is 1.10. The van der Waals surface area contributed by atoms with Gasteiger partial charge in [0.05, 0.1) is 5.56 Å². The van der Waals surface area contributed by atoms with Crippen molar-refractivity contribution in [2.24, 2.45) is 5.73 Å². The molecule has 0 atom stereocenters. The lowest BCUT2D eigenvalue weighted by atomic mass is 10.1. The minimum atomic E-state index is -0.0273. The summed E-state index contributed by atoms with van der Waals surface area (Å²) in [4.78, 5) is 11.7. The van der Waals surface area contributed by atoms with Crippen LogP contribution in [-0.4, -0.2) is 19.1 Å². The number of ketones is 1. The highest BCUT2D eigenvalue weighted by molar-refractivity contribution is 9.10. The molecule has 2 rings (SSSR count). The van der Waals surface area contributed by atoms with Gasteiger partial charge in [0.25, 0.3) is 0 Å². The number of halogens is 1. The van der Waals surface area contributed by atoms with Crippen LogP contribution in [0.1, 0.15) is 16.8 Å².